The first-order chi connectivity index (χ1) is 14.5. The molecule has 0 saturated heterocycles. The van der Waals surface area contributed by atoms with Crippen LogP contribution in [0.15, 0.2) is 72.3 Å². The molecule has 0 spiro atoms. The van der Waals surface area contributed by atoms with Crippen LogP contribution in [0, 0.1) is 5.92 Å². The van der Waals surface area contributed by atoms with Gasteiger partial charge in [0.15, 0.2) is 0 Å². The quantitative estimate of drug-likeness (QED) is 0.632. The molecule has 0 bridgehead atoms. The second-order valence-electron chi connectivity index (χ2n) is 7.97. The van der Waals surface area contributed by atoms with E-state index in [1.54, 1.807) is 6.08 Å². The molecule has 30 heavy (non-hydrogen) atoms. The highest BCUT2D eigenvalue weighted by atomic mass is 16.5. The summed E-state index contributed by atoms with van der Waals surface area (Å²) in [4.78, 5) is 6.52. The van der Waals surface area contributed by atoms with Gasteiger partial charge in [-0.25, -0.2) is 4.99 Å². The van der Waals surface area contributed by atoms with Gasteiger partial charge in [-0.05, 0) is 17.6 Å². The minimum Gasteiger partial charge on any atom is -0.459 e. The molecule has 1 aliphatic carbocycles. The number of rotatable bonds is 9. The van der Waals surface area contributed by atoms with Crippen LogP contribution in [-0.4, -0.2) is 67.7 Å². The van der Waals surface area contributed by atoms with Crippen LogP contribution in [0.5, 0.6) is 0 Å². The van der Waals surface area contributed by atoms with E-state index >= 15 is 0 Å². The fourth-order valence-electron chi connectivity index (χ4n) is 3.77. The predicted octanol–water partition coefficient (Wildman–Crippen LogP) is 2.95. The molecule has 2 unspecified atom stereocenters. The number of benzene rings is 1. The van der Waals surface area contributed by atoms with E-state index in [9.17, 15) is 5.11 Å². The van der Waals surface area contributed by atoms with Crippen LogP contribution >= 0.6 is 0 Å². The van der Waals surface area contributed by atoms with Crippen molar-refractivity contribution in [1.29, 1.82) is 0 Å². The largest absolute Gasteiger partial charge is 0.459 e. The maximum absolute atomic E-state index is 11.1. The molecule has 1 aromatic rings. The van der Waals surface area contributed by atoms with Crippen LogP contribution in [-0.2, 0) is 20.8 Å². The average molecular weight is 413 g/mol. The summed E-state index contributed by atoms with van der Waals surface area (Å²) in [6.07, 6.45) is 4.69. The second kappa shape index (κ2) is 10.6. The molecule has 3 rings (SSSR count). The molecule has 6 nitrogen and oxygen atoms in total. The van der Waals surface area contributed by atoms with E-state index in [1.165, 1.54) is 0 Å². The zero-order chi connectivity index (χ0) is 21.5. The van der Waals surface area contributed by atoms with Crippen LogP contribution in [0.2, 0.25) is 0 Å². The Morgan fingerprint density at radius 1 is 1.33 bits per heavy atom. The van der Waals surface area contributed by atoms with Gasteiger partial charge in [-0.1, -0.05) is 61.7 Å². The van der Waals surface area contributed by atoms with Crippen molar-refractivity contribution in [2.75, 3.05) is 27.3 Å². The molecule has 6 heteroatoms. The molecule has 1 aromatic carbocycles. The number of aliphatic hydroxyl groups excluding tert-OH is 1. The van der Waals surface area contributed by atoms with E-state index in [2.05, 4.69) is 18.2 Å². The van der Waals surface area contributed by atoms with Crippen molar-refractivity contribution in [3.05, 3.63) is 72.9 Å². The summed E-state index contributed by atoms with van der Waals surface area (Å²) in [6.45, 7) is 8.89. The highest BCUT2D eigenvalue weighted by molar-refractivity contribution is 5.75. The van der Waals surface area contributed by atoms with E-state index in [1.807, 2.05) is 61.5 Å². The molecule has 0 radical (unpaired) electrons. The number of aliphatic imine (C=N–C) groups is 1. The summed E-state index contributed by atoms with van der Waals surface area (Å²) in [5, 5.41) is 11.1. The summed E-state index contributed by atoms with van der Waals surface area (Å²) >= 11 is 0. The first kappa shape index (κ1) is 22.3. The molecule has 0 amide bonds. The summed E-state index contributed by atoms with van der Waals surface area (Å²) in [5.74, 6) is -0.103. The molecular weight excluding hydrogens is 380 g/mol. The zero-order valence-electron chi connectivity index (χ0n) is 17.8. The molecule has 1 aliphatic heterocycles. The minimum absolute atomic E-state index is 0.103. The maximum atomic E-state index is 11.1. The monoisotopic (exact) mass is 412 g/mol. The molecular formula is C24H32N2O4. The van der Waals surface area contributed by atoms with E-state index in [-0.39, 0.29) is 18.1 Å². The summed E-state index contributed by atoms with van der Waals surface area (Å²) in [7, 11) is 3.79. The van der Waals surface area contributed by atoms with E-state index in [0.29, 0.717) is 32.3 Å². The van der Waals surface area contributed by atoms with E-state index in [0.717, 1.165) is 11.1 Å². The lowest BCUT2D eigenvalue weighted by Crippen LogP contribution is -2.54. The molecule has 1 N–H and O–H groups in total. The van der Waals surface area contributed by atoms with E-state index in [4.69, 9.17) is 14.2 Å². The number of aliphatic hydroxyl groups is 1. The van der Waals surface area contributed by atoms with Crippen LogP contribution in [0.3, 0.4) is 0 Å². The van der Waals surface area contributed by atoms with Gasteiger partial charge in [0.1, 0.15) is 18.2 Å². The van der Waals surface area contributed by atoms with Gasteiger partial charge in [0.2, 0.25) is 0 Å². The Morgan fingerprint density at radius 2 is 2.10 bits per heavy atom. The Labute approximate surface area is 179 Å². The smallest absolute Gasteiger partial charge is 0.287 e. The van der Waals surface area contributed by atoms with Crippen molar-refractivity contribution in [3.63, 3.8) is 0 Å². The predicted molar refractivity (Wildman–Crippen MR) is 118 cm³/mol. The summed E-state index contributed by atoms with van der Waals surface area (Å²) in [6, 6.07) is 10.3. The first-order valence-electron chi connectivity index (χ1n) is 10.3. The van der Waals surface area contributed by atoms with Crippen LogP contribution in [0.25, 0.3) is 0 Å². The van der Waals surface area contributed by atoms with Crippen molar-refractivity contribution in [2.24, 2.45) is 10.9 Å². The van der Waals surface area contributed by atoms with Gasteiger partial charge in [-0.3, -0.25) is 0 Å². The van der Waals surface area contributed by atoms with Crippen LogP contribution < -0.4 is 0 Å². The van der Waals surface area contributed by atoms with Gasteiger partial charge < -0.3 is 24.2 Å². The number of allylic oxidation sites excluding steroid dienone is 2. The Morgan fingerprint density at radius 3 is 2.80 bits per heavy atom. The third-order valence-corrected chi connectivity index (χ3v) is 5.34. The Balaban J connectivity index is 1.65. The number of ether oxygens (including phenoxy) is 3. The topological polar surface area (TPSA) is 63.5 Å². The van der Waals surface area contributed by atoms with Gasteiger partial charge in [-0.15, -0.1) is 0 Å². The van der Waals surface area contributed by atoms with Gasteiger partial charge in [0, 0.05) is 20.0 Å². The van der Waals surface area contributed by atoms with Gasteiger partial charge >= 0.3 is 0 Å². The van der Waals surface area contributed by atoms with Crippen molar-refractivity contribution in [3.8, 4) is 0 Å². The lowest BCUT2D eigenvalue weighted by atomic mass is 9.80. The van der Waals surface area contributed by atoms with Gasteiger partial charge in [0.25, 0.3) is 6.02 Å². The Kier molecular flexibility index (Phi) is 7.85. The summed E-state index contributed by atoms with van der Waals surface area (Å²) < 4.78 is 18.1. The summed E-state index contributed by atoms with van der Waals surface area (Å²) in [5.41, 5.74) is 1.91. The lowest BCUT2D eigenvalue weighted by molar-refractivity contribution is -0.125. The van der Waals surface area contributed by atoms with Crippen molar-refractivity contribution in [2.45, 2.75) is 37.4 Å². The van der Waals surface area contributed by atoms with Crippen molar-refractivity contribution in [1.82, 2.24) is 4.90 Å². The Bertz CT molecular complexity index is 775. The number of hydrogen-bond donors (Lipinski definition) is 1. The third kappa shape index (κ3) is 5.59. The molecule has 1 saturated carbocycles. The van der Waals surface area contributed by atoms with Crippen molar-refractivity contribution >= 4 is 6.02 Å². The molecule has 5 atom stereocenters. The molecule has 162 valence electrons. The first-order valence-corrected chi connectivity index (χ1v) is 10.3. The van der Waals surface area contributed by atoms with Crippen molar-refractivity contribution < 1.29 is 19.3 Å². The molecule has 0 aromatic heterocycles. The van der Waals surface area contributed by atoms with Gasteiger partial charge in [0.05, 0.1) is 25.9 Å². The second-order valence-corrected chi connectivity index (χ2v) is 7.97. The fraction of sp³-hybridized carbons (Fsp3) is 0.458. The number of amidine groups is 1. The van der Waals surface area contributed by atoms with Crippen LogP contribution in [0.4, 0.5) is 0 Å². The normalized spacial score (nSPS) is 28.0. The van der Waals surface area contributed by atoms with Gasteiger partial charge in [-0.2, -0.15) is 0 Å². The Hall–Kier alpha value is -2.41. The molecule has 1 heterocycles. The number of fused-ring (bicyclic) bond motifs is 1. The SMILES string of the molecule is C=C/C=C\C(=C)COC1[C@H](O)C(COCc2ccccc2)C[C@@H]2OC(N(C)C)=N[C@H]12. The maximum Gasteiger partial charge on any atom is 0.287 e. The number of nitrogens with zero attached hydrogens (tertiary/aromatic N) is 2. The standard InChI is InChI=1S/C24H32N2O4/c1-5-6-10-17(2)14-29-23-21-20(30-24(25-21)26(3)4)13-19(22(23)27)16-28-15-18-11-8-7-9-12-18/h5-12,19-23,27H,1-2,13-16H2,3-4H3/b10-6-/t19?,20-,21-,22+,23?/m0/s1. The van der Waals surface area contributed by atoms with E-state index < -0.39 is 12.2 Å². The molecule has 1 fully saturated rings. The fourth-order valence-corrected chi connectivity index (χ4v) is 3.77. The lowest BCUT2D eigenvalue weighted by Gasteiger charge is -2.39. The molecule has 2 aliphatic rings. The minimum atomic E-state index is -0.702. The zero-order valence-corrected chi connectivity index (χ0v) is 17.8. The highest BCUT2D eigenvalue weighted by Crippen LogP contribution is 2.35. The third-order valence-electron chi connectivity index (χ3n) is 5.34. The number of hydrogen-bond acceptors (Lipinski definition) is 6. The van der Waals surface area contributed by atoms with Crippen LogP contribution in [0.1, 0.15) is 12.0 Å². The average Bonchev–Trinajstić information content (AvgIpc) is 3.17. The highest BCUT2D eigenvalue weighted by Gasteiger charge is 2.49.